The number of rotatable bonds is 8. The van der Waals surface area contributed by atoms with E-state index in [-0.39, 0.29) is 19.1 Å². The maximum absolute atomic E-state index is 14.1. The van der Waals surface area contributed by atoms with Gasteiger partial charge in [-0.25, -0.2) is 14.4 Å². The topological polar surface area (TPSA) is 97.5 Å². The molecule has 39 heavy (non-hydrogen) atoms. The Bertz CT molecular complexity index is 1520. The predicted molar refractivity (Wildman–Crippen MR) is 148 cm³/mol. The molecule has 3 aromatic carbocycles. The number of aromatic nitrogens is 3. The maximum Gasteiger partial charge on any atom is 0.416 e. The van der Waals surface area contributed by atoms with E-state index in [1.807, 2.05) is 74.5 Å². The first kappa shape index (κ1) is 26.8. The fourth-order valence-corrected chi connectivity index (χ4v) is 5.73. The van der Waals surface area contributed by atoms with Crippen molar-refractivity contribution in [2.75, 3.05) is 6.61 Å². The van der Waals surface area contributed by atoms with E-state index in [2.05, 4.69) is 10.3 Å². The summed E-state index contributed by atoms with van der Waals surface area (Å²) in [4.78, 5) is 28.2. The summed E-state index contributed by atoms with van der Waals surface area (Å²) in [6.45, 7) is 6.35. The zero-order valence-corrected chi connectivity index (χ0v) is 22.9. The zero-order chi connectivity index (χ0) is 27.7. The lowest BCUT2D eigenvalue weighted by atomic mass is 9.79. The van der Waals surface area contributed by atoms with E-state index in [4.69, 9.17) is 16.3 Å². The molecular weight excluding hydrogens is 516 g/mol. The van der Waals surface area contributed by atoms with E-state index in [0.717, 1.165) is 27.8 Å². The van der Waals surface area contributed by atoms with Gasteiger partial charge in [0.1, 0.15) is 12.1 Å². The summed E-state index contributed by atoms with van der Waals surface area (Å²) < 4.78 is 7.11. The Kier molecular flexibility index (Phi) is 7.68. The van der Waals surface area contributed by atoms with E-state index in [1.165, 1.54) is 4.90 Å². The van der Waals surface area contributed by atoms with E-state index in [1.54, 1.807) is 11.6 Å². The first-order valence-corrected chi connectivity index (χ1v) is 13.5. The quantitative estimate of drug-likeness (QED) is 0.323. The molecule has 1 saturated heterocycles. The average Bonchev–Trinajstić information content (AvgIpc) is 3.54. The number of fused-ring (bicyclic) bond motifs is 1. The largest absolute Gasteiger partial charge is 0.447 e. The number of carbonyl (C=O) groups excluding carboxylic acids is 2. The van der Waals surface area contributed by atoms with Crippen molar-refractivity contribution in [3.63, 3.8) is 0 Å². The zero-order valence-electron chi connectivity index (χ0n) is 22.2. The van der Waals surface area contributed by atoms with Gasteiger partial charge in [0.15, 0.2) is 0 Å². The number of ether oxygens (including phenoxy) is 1. The van der Waals surface area contributed by atoms with Gasteiger partial charge in [0.25, 0.3) is 0 Å². The van der Waals surface area contributed by atoms with Gasteiger partial charge in [-0.3, -0.25) is 4.79 Å². The van der Waals surface area contributed by atoms with Gasteiger partial charge in [-0.1, -0.05) is 78.3 Å². The molecule has 1 aliphatic heterocycles. The summed E-state index contributed by atoms with van der Waals surface area (Å²) in [5, 5.41) is 18.9. The van der Waals surface area contributed by atoms with Crippen molar-refractivity contribution in [1.29, 1.82) is 0 Å². The second-order valence-electron chi connectivity index (χ2n) is 9.98. The minimum atomic E-state index is -0.681. The van der Waals surface area contributed by atoms with Crippen LogP contribution < -0.4 is 0 Å². The number of hydrogen-bond acceptors (Lipinski definition) is 6. The number of carbonyl (C=O) groups is 2. The number of aliphatic hydroxyl groups excluding tert-OH is 1. The van der Waals surface area contributed by atoms with Gasteiger partial charge in [0.2, 0.25) is 5.91 Å². The summed E-state index contributed by atoms with van der Waals surface area (Å²) in [6, 6.07) is 18.9. The van der Waals surface area contributed by atoms with Crippen LogP contribution in [0, 0.1) is 12.8 Å². The van der Waals surface area contributed by atoms with Crippen LogP contribution in [0.2, 0.25) is 5.02 Å². The monoisotopic (exact) mass is 546 g/mol. The molecule has 5 rings (SSSR count). The maximum atomic E-state index is 14.1. The number of aryl methyl sites for hydroxylation is 2. The normalized spacial score (nSPS) is 16.9. The SMILES string of the molecule is CCn1nnc2c(Cl)c(C(c3ccc(C)c(CO)c3)C(C)C(=O)N3C(=O)OC[C@H]3Cc3ccccc3)ccc21. The smallest absolute Gasteiger partial charge is 0.416 e. The Morgan fingerprint density at radius 2 is 1.95 bits per heavy atom. The Morgan fingerprint density at radius 1 is 1.18 bits per heavy atom. The summed E-state index contributed by atoms with van der Waals surface area (Å²) in [5.41, 5.74) is 5.58. The fourth-order valence-electron chi connectivity index (χ4n) is 5.42. The van der Waals surface area contributed by atoms with Crippen LogP contribution in [-0.2, 0) is 29.1 Å². The van der Waals surface area contributed by atoms with Gasteiger partial charge in [-0.15, -0.1) is 5.10 Å². The first-order valence-electron chi connectivity index (χ1n) is 13.1. The molecule has 1 aliphatic rings. The van der Waals surface area contributed by atoms with Gasteiger partial charge in [-0.05, 0) is 54.2 Å². The molecule has 202 valence electrons. The molecule has 1 aromatic heterocycles. The summed E-state index contributed by atoms with van der Waals surface area (Å²) in [6.07, 6.45) is -0.138. The molecule has 0 spiro atoms. The molecule has 0 bridgehead atoms. The highest BCUT2D eigenvalue weighted by atomic mass is 35.5. The van der Waals surface area contributed by atoms with Gasteiger partial charge in [0, 0.05) is 18.4 Å². The molecule has 1 N–H and O–H groups in total. The number of hydrogen-bond donors (Lipinski definition) is 1. The van der Waals surface area contributed by atoms with Crippen LogP contribution in [0.3, 0.4) is 0 Å². The third-order valence-electron chi connectivity index (χ3n) is 7.59. The lowest BCUT2D eigenvalue weighted by Gasteiger charge is -2.30. The highest BCUT2D eigenvalue weighted by molar-refractivity contribution is 6.35. The van der Waals surface area contributed by atoms with Crippen molar-refractivity contribution in [3.05, 3.63) is 93.5 Å². The van der Waals surface area contributed by atoms with E-state index < -0.39 is 24.0 Å². The van der Waals surface area contributed by atoms with Crippen LogP contribution >= 0.6 is 11.6 Å². The second kappa shape index (κ2) is 11.2. The van der Waals surface area contributed by atoms with E-state index in [0.29, 0.717) is 29.1 Å². The van der Waals surface area contributed by atoms with Crippen molar-refractivity contribution in [2.45, 2.75) is 52.3 Å². The molecule has 1 fully saturated rings. The third kappa shape index (κ3) is 5.02. The average molecular weight is 547 g/mol. The molecule has 2 amide bonds. The van der Waals surface area contributed by atoms with Crippen LogP contribution in [0.15, 0.2) is 60.7 Å². The predicted octanol–water partition coefficient (Wildman–Crippen LogP) is 5.26. The van der Waals surface area contributed by atoms with Crippen LogP contribution in [0.5, 0.6) is 0 Å². The number of nitrogens with zero attached hydrogens (tertiary/aromatic N) is 4. The van der Waals surface area contributed by atoms with E-state index in [9.17, 15) is 14.7 Å². The van der Waals surface area contributed by atoms with Crippen molar-refractivity contribution in [3.8, 4) is 0 Å². The first-order chi connectivity index (χ1) is 18.8. The third-order valence-corrected chi connectivity index (χ3v) is 7.99. The molecule has 0 aliphatic carbocycles. The molecule has 9 heteroatoms. The van der Waals surface area contributed by atoms with Gasteiger partial charge < -0.3 is 9.84 Å². The van der Waals surface area contributed by atoms with E-state index >= 15 is 0 Å². The Labute approximate surface area is 232 Å². The lowest BCUT2D eigenvalue weighted by Crippen LogP contribution is -2.44. The van der Waals surface area contributed by atoms with Crippen LogP contribution in [-0.4, -0.2) is 49.6 Å². The Balaban J connectivity index is 1.57. The highest BCUT2D eigenvalue weighted by Gasteiger charge is 2.42. The number of aliphatic hydroxyl groups is 1. The molecule has 4 aromatic rings. The second-order valence-corrected chi connectivity index (χ2v) is 10.4. The van der Waals surface area contributed by atoms with Crippen LogP contribution in [0.25, 0.3) is 11.0 Å². The summed E-state index contributed by atoms with van der Waals surface area (Å²) >= 11 is 6.95. The number of cyclic esters (lactones) is 1. The number of halogens is 1. The molecular formula is C30H31ClN4O4. The lowest BCUT2D eigenvalue weighted by molar-refractivity contribution is -0.133. The van der Waals surface area contributed by atoms with Gasteiger partial charge in [-0.2, -0.15) is 0 Å². The Hall–Kier alpha value is -3.75. The van der Waals surface area contributed by atoms with Crippen molar-refractivity contribution >= 4 is 34.6 Å². The van der Waals surface area contributed by atoms with Crippen molar-refractivity contribution in [1.82, 2.24) is 19.9 Å². The Morgan fingerprint density at radius 3 is 2.67 bits per heavy atom. The number of amides is 2. The van der Waals surface area contributed by atoms with Gasteiger partial charge >= 0.3 is 6.09 Å². The number of benzene rings is 3. The summed E-state index contributed by atoms with van der Waals surface area (Å²) in [5.74, 6) is -1.54. The van der Waals surface area contributed by atoms with Crippen molar-refractivity contribution < 1.29 is 19.4 Å². The molecule has 0 saturated carbocycles. The molecule has 3 atom stereocenters. The van der Waals surface area contributed by atoms with Crippen LogP contribution in [0.1, 0.15) is 47.6 Å². The minimum Gasteiger partial charge on any atom is -0.447 e. The van der Waals surface area contributed by atoms with Crippen LogP contribution in [0.4, 0.5) is 4.79 Å². The molecule has 8 nitrogen and oxygen atoms in total. The van der Waals surface area contributed by atoms with Crippen molar-refractivity contribution in [2.24, 2.45) is 5.92 Å². The number of imide groups is 1. The minimum absolute atomic E-state index is 0.135. The molecule has 2 heterocycles. The molecule has 0 radical (unpaired) electrons. The fraction of sp³-hybridized carbons (Fsp3) is 0.333. The molecule has 2 unspecified atom stereocenters. The van der Waals surface area contributed by atoms with Gasteiger partial charge in [0.05, 0.1) is 23.2 Å². The summed E-state index contributed by atoms with van der Waals surface area (Å²) in [7, 11) is 0. The standard InChI is InChI=1S/C30H31ClN4O4/c1-4-34-25-13-12-24(27(31)28(25)32-33-34)26(21-11-10-18(2)22(15-21)16-36)19(3)29(37)35-23(17-39-30(35)38)14-20-8-6-5-7-9-20/h5-13,15,19,23,26,36H,4,14,16-17H2,1-3H3/t19?,23-,26?/m1/s1. The highest BCUT2D eigenvalue weighted by Crippen LogP contribution is 2.41.